The second-order valence-electron chi connectivity index (χ2n) is 8.97. The van der Waals surface area contributed by atoms with Crippen LogP contribution < -0.4 is 0 Å². The van der Waals surface area contributed by atoms with Crippen LogP contribution in [-0.4, -0.2) is 52.7 Å². The number of alkyl halides is 1. The summed E-state index contributed by atoms with van der Waals surface area (Å²) in [5, 5.41) is 2.75. The Labute approximate surface area is 219 Å². The van der Waals surface area contributed by atoms with Crippen LogP contribution in [0.5, 0.6) is 0 Å². The number of nitrogens with zero attached hydrogens (tertiary/aromatic N) is 4. The molecule has 0 radical (unpaired) electrons. The number of hydrogen-bond donors (Lipinski definition) is 0. The number of carbonyl (C=O) groups excluding carboxylic acids is 1. The van der Waals surface area contributed by atoms with Gasteiger partial charge in [-0.05, 0) is 43.8 Å². The summed E-state index contributed by atoms with van der Waals surface area (Å²) in [7, 11) is 8.38. The number of thiophene rings is 1. The molecular weight excluding hydrogens is 521 g/mol. The molecule has 1 aliphatic heterocycles. The fourth-order valence-corrected chi connectivity index (χ4v) is 6.18. The third-order valence-corrected chi connectivity index (χ3v) is 7.85. The van der Waals surface area contributed by atoms with E-state index in [2.05, 4.69) is 29.6 Å². The van der Waals surface area contributed by atoms with Gasteiger partial charge in [0.05, 0.1) is 10.9 Å². The molecule has 35 heavy (non-hydrogen) atoms. The number of carbonyl (C=O) groups is 1. The van der Waals surface area contributed by atoms with E-state index >= 15 is 4.39 Å². The predicted molar refractivity (Wildman–Crippen MR) is 150 cm³/mol. The van der Waals surface area contributed by atoms with Gasteiger partial charge in [0.15, 0.2) is 5.15 Å². The summed E-state index contributed by atoms with van der Waals surface area (Å²) in [6.45, 7) is 4.35. The molecule has 2 aromatic heterocycles. The van der Waals surface area contributed by atoms with Crippen LogP contribution >= 0.6 is 41.4 Å². The lowest BCUT2D eigenvalue weighted by Gasteiger charge is -2.33. The van der Waals surface area contributed by atoms with Crippen molar-refractivity contribution in [2.45, 2.75) is 31.1 Å². The van der Waals surface area contributed by atoms with Crippen molar-refractivity contribution in [2.75, 3.05) is 27.2 Å². The number of rotatable bonds is 7. The van der Waals surface area contributed by atoms with Crippen molar-refractivity contribution < 1.29 is 9.18 Å². The van der Waals surface area contributed by atoms with Gasteiger partial charge in [-0.25, -0.2) is 4.39 Å². The SMILES string of the molecule is CCn1cc(-c2ccccc2[C@@H]2CN(C(=O)/C=C/CN(C)C)Cc3sc(Cl)cc32)c(C(F)(P)P)n1. The van der Waals surface area contributed by atoms with Gasteiger partial charge in [-0.3, -0.25) is 9.48 Å². The Bertz CT molecular complexity index is 1250. The topological polar surface area (TPSA) is 41.4 Å². The minimum Gasteiger partial charge on any atom is -0.333 e. The molecule has 5 nitrogen and oxygen atoms in total. The maximum Gasteiger partial charge on any atom is 0.246 e. The van der Waals surface area contributed by atoms with E-state index in [1.807, 2.05) is 67.4 Å². The van der Waals surface area contributed by atoms with Crippen LogP contribution in [0, 0.1) is 0 Å². The van der Waals surface area contributed by atoms with Crippen molar-refractivity contribution in [3.8, 4) is 11.1 Å². The molecule has 0 spiro atoms. The predicted octanol–water partition coefficient (Wildman–Crippen LogP) is 5.71. The van der Waals surface area contributed by atoms with Gasteiger partial charge in [0.2, 0.25) is 5.91 Å². The lowest BCUT2D eigenvalue weighted by atomic mass is 9.84. The van der Waals surface area contributed by atoms with E-state index in [9.17, 15) is 4.79 Å². The minimum atomic E-state index is -1.76. The second-order valence-corrected chi connectivity index (χ2v) is 13.1. The highest BCUT2D eigenvalue weighted by Gasteiger charge is 2.34. The molecule has 3 aromatic rings. The number of halogens is 2. The van der Waals surface area contributed by atoms with Gasteiger partial charge in [-0.2, -0.15) is 5.10 Å². The molecule has 3 atom stereocenters. The van der Waals surface area contributed by atoms with Crippen LogP contribution in [-0.2, 0) is 23.0 Å². The molecule has 3 heterocycles. The molecule has 4 rings (SSSR count). The first-order valence-corrected chi connectivity index (χ1v) is 13.8. The molecule has 0 fully saturated rings. The highest BCUT2D eigenvalue weighted by molar-refractivity contribution is 7.38. The highest BCUT2D eigenvalue weighted by Crippen LogP contribution is 2.47. The van der Waals surface area contributed by atoms with Crippen molar-refractivity contribution >= 4 is 47.3 Å². The lowest BCUT2D eigenvalue weighted by Crippen LogP contribution is -2.37. The van der Waals surface area contributed by atoms with E-state index in [1.165, 1.54) is 11.3 Å². The minimum absolute atomic E-state index is 0.0262. The number of benzene rings is 1. The number of likely N-dealkylation sites (N-methyl/N-ethyl adjacent to an activating group) is 1. The molecule has 186 valence electrons. The Balaban J connectivity index is 1.79. The molecule has 0 saturated heterocycles. The molecule has 10 heteroatoms. The summed E-state index contributed by atoms with van der Waals surface area (Å²) in [5.41, 5.74) is 4.15. The van der Waals surface area contributed by atoms with Gasteiger partial charge in [-0.1, -0.05) is 60.4 Å². The van der Waals surface area contributed by atoms with E-state index in [0.717, 1.165) is 27.1 Å². The lowest BCUT2D eigenvalue weighted by molar-refractivity contribution is -0.127. The third kappa shape index (κ3) is 5.87. The number of aromatic nitrogens is 2. The zero-order valence-corrected chi connectivity index (χ0v) is 23.9. The van der Waals surface area contributed by atoms with Crippen molar-refractivity contribution in [1.82, 2.24) is 19.6 Å². The zero-order chi connectivity index (χ0) is 25.3. The smallest absolute Gasteiger partial charge is 0.246 e. The monoisotopic (exact) mass is 550 g/mol. The maximum absolute atomic E-state index is 15.1. The summed E-state index contributed by atoms with van der Waals surface area (Å²) in [4.78, 5) is 18.0. The van der Waals surface area contributed by atoms with Gasteiger partial charge < -0.3 is 9.80 Å². The van der Waals surface area contributed by atoms with Gasteiger partial charge in [0.1, 0.15) is 5.69 Å². The van der Waals surface area contributed by atoms with Crippen molar-refractivity contribution in [1.29, 1.82) is 0 Å². The van der Waals surface area contributed by atoms with E-state index < -0.39 is 5.15 Å². The standard InChI is InChI=1S/C25H30ClFN4OP2S/c1-4-31-14-20(24(28-31)25(27,33)34)17-9-6-5-8-16(17)19-13-30(23(32)10-7-11-29(2)3)15-21-18(19)12-22(26)35-21/h5-10,12,14,19H,4,11,13,15,33-34H2,1-3H3/b10-7+/t19-/m0/s1. The Morgan fingerprint density at radius 1 is 1.31 bits per heavy atom. The van der Waals surface area contributed by atoms with E-state index in [0.29, 0.717) is 36.2 Å². The summed E-state index contributed by atoms with van der Waals surface area (Å²) in [6, 6.07) is 10.0. The quantitative estimate of drug-likeness (QED) is 0.280. The largest absolute Gasteiger partial charge is 0.333 e. The molecule has 0 aliphatic carbocycles. The average molecular weight is 551 g/mol. The molecular formula is C25H30ClFN4OP2S. The first-order valence-electron chi connectivity index (χ1n) is 11.4. The van der Waals surface area contributed by atoms with E-state index in [4.69, 9.17) is 11.6 Å². The van der Waals surface area contributed by atoms with Gasteiger partial charge >= 0.3 is 0 Å². The second kappa shape index (κ2) is 10.8. The van der Waals surface area contributed by atoms with Crippen molar-refractivity contribution in [3.63, 3.8) is 0 Å². The van der Waals surface area contributed by atoms with Crippen LogP contribution in [0.15, 0.2) is 48.7 Å². The van der Waals surface area contributed by atoms with Crippen LogP contribution in [0.2, 0.25) is 4.34 Å². The third-order valence-electron chi connectivity index (χ3n) is 6.04. The van der Waals surface area contributed by atoms with Crippen LogP contribution in [0.4, 0.5) is 4.39 Å². The van der Waals surface area contributed by atoms with Crippen molar-refractivity contribution in [2.24, 2.45) is 0 Å². The number of amides is 1. The van der Waals surface area contributed by atoms with E-state index in [-0.39, 0.29) is 11.8 Å². The molecule has 0 saturated carbocycles. The molecule has 2 unspecified atom stereocenters. The first kappa shape index (κ1) is 26.4. The number of fused-ring (bicyclic) bond motifs is 1. The Hall–Kier alpha value is -1.62. The first-order chi connectivity index (χ1) is 16.6. The zero-order valence-electron chi connectivity index (χ0n) is 20.0. The van der Waals surface area contributed by atoms with E-state index in [1.54, 1.807) is 10.8 Å². The molecule has 1 aromatic carbocycles. The number of hydrogen-bond acceptors (Lipinski definition) is 4. The Morgan fingerprint density at radius 3 is 2.74 bits per heavy atom. The molecule has 1 aliphatic rings. The average Bonchev–Trinajstić information content (AvgIpc) is 3.41. The molecule has 0 N–H and O–H groups in total. The summed E-state index contributed by atoms with van der Waals surface area (Å²) in [5.74, 6) is -0.118. The fraction of sp³-hybridized carbons (Fsp3) is 0.360. The summed E-state index contributed by atoms with van der Waals surface area (Å²) in [6.07, 6.45) is 5.42. The van der Waals surface area contributed by atoms with Gasteiger partial charge in [0, 0.05) is 48.3 Å². The number of aryl methyl sites for hydroxylation is 1. The van der Waals surface area contributed by atoms with Gasteiger partial charge in [-0.15, -0.1) is 11.3 Å². The maximum atomic E-state index is 15.1. The molecule has 0 bridgehead atoms. The van der Waals surface area contributed by atoms with Crippen LogP contribution in [0.25, 0.3) is 11.1 Å². The fourth-order valence-electron chi connectivity index (χ4n) is 4.40. The van der Waals surface area contributed by atoms with Crippen molar-refractivity contribution in [3.05, 3.63) is 74.7 Å². The summed E-state index contributed by atoms with van der Waals surface area (Å²) >= 11 is 7.95. The Kier molecular flexibility index (Phi) is 8.15. The van der Waals surface area contributed by atoms with Crippen LogP contribution in [0.3, 0.4) is 0 Å². The Morgan fingerprint density at radius 2 is 2.06 bits per heavy atom. The molecule has 1 amide bonds. The summed E-state index contributed by atoms with van der Waals surface area (Å²) < 4.78 is 17.6. The normalized spacial score (nSPS) is 16.3. The van der Waals surface area contributed by atoms with Gasteiger partial charge in [0.25, 0.3) is 0 Å². The highest BCUT2D eigenvalue weighted by atomic mass is 35.5. The van der Waals surface area contributed by atoms with Crippen LogP contribution in [0.1, 0.15) is 34.5 Å².